The van der Waals surface area contributed by atoms with Gasteiger partial charge in [0.15, 0.2) is 6.29 Å². The molecule has 0 spiro atoms. The first-order valence-electron chi connectivity index (χ1n) is 5.22. The molecule has 0 saturated carbocycles. The van der Waals surface area contributed by atoms with Gasteiger partial charge in [0.2, 0.25) is 0 Å². The Kier molecular flexibility index (Phi) is 3.03. The zero-order valence-corrected chi connectivity index (χ0v) is 8.40. The minimum absolute atomic E-state index is 0.0909. The lowest BCUT2D eigenvalue weighted by Gasteiger charge is -2.12. The van der Waals surface area contributed by atoms with Gasteiger partial charge >= 0.3 is 5.97 Å². The maximum atomic E-state index is 11.0. The van der Waals surface area contributed by atoms with Crippen molar-refractivity contribution in [3.63, 3.8) is 0 Å². The fourth-order valence-electron chi connectivity index (χ4n) is 2.07. The summed E-state index contributed by atoms with van der Waals surface area (Å²) in [6.07, 6.45) is 2.16. The highest BCUT2D eigenvalue weighted by Crippen LogP contribution is 2.32. The number of cyclic esters (lactones) is 1. The van der Waals surface area contributed by atoms with E-state index in [4.69, 9.17) is 14.2 Å². The molecule has 0 aromatic carbocycles. The topological polar surface area (TPSA) is 44.8 Å². The van der Waals surface area contributed by atoms with Gasteiger partial charge in [-0.25, -0.2) is 0 Å². The minimum atomic E-state index is -0.101. The van der Waals surface area contributed by atoms with Gasteiger partial charge in [-0.05, 0) is 13.3 Å². The quantitative estimate of drug-likeness (QED) is 0.626. The van der Waals surface area contributed by atoms with E-state index in [-0.39, 0.29) is 18.4 Å². The number of esters is 1. The molecule has 2 heterocycles. The van der Waals surface area contributed by atoms with Crippen molar-refractivity contribution in [1.82, 2.24) is 0 Å². The molecule has 0 aromatic rings. The predicted molar refractivity (Wildman–Crippen MR) is 48.6 cm³/mol. The molecular formula is C10H16O4. The van der Waals surface area contributed by atoms with E-state index in [1.54, 1.807) is 0 Å². The number of carbonyl (C=O) groups excluding carboxylic acids is 1. The van der Waals surface area contributed by atoms with Crippen LogP contribution in [0.15, 0.2) is 0 Å². The summed E-state index contributed by atoms with van der Waals surface area (Å²) in [6.45, 7) is 3.12. The molecule has 0 unspecified atom stereocenters. The van der Waals surface area contributed by atoms with Crippen molar-refractivity contribution in [2.45, 2.75) is 38.6 Å². The highest BCUT2D eigenvalue weighted by molar-refractivity contribution is 5.69. The van der Waals surface area contributed by atoms with Gasteiger partial charge in [0.1, 0.15) is 0 Å². The Morgan fingerprint density at radius 3 is 3.21 bits per heavy atom. The Hall–Kier alpha value is -0.610. The van der Waals surface area contributed by atoms with Crippen molar-refractivity contribution < 1.29 is 19.0 Å². The van der Waals surface area contributed by atoms with Gasteiger partial charge in [-0.1, -0.05) is 0 Å². The summed E-state index contributed by atoms with van der Waals surface area (Å²) < 4.78 is 16.1. The van der Waals surface area contributed by atoms with E-state index in [2.05, 4.69) is 0 Å². The maximum absolute atomic E-state index is 11.0. The van der Waals surface area contributed by atoms with Gasteiger partial charge in [0.05, 0.1) is 12.7 Å². The van der Waals surface area contributed by atoms with E-state index in [9.17, 15) is 4.79 Å². The maximum Gasteiger partial charge on any atom is 0.305 e. The lowest BCUT2D eigenvalue weighted by Crippen LogP contribution is -2.17. The van der Waals surface area contributed by atoms with Crippen LogP contribution in [-0.4, -0.2) is 31.6 Å². The third kappa shape index (κ3) is 2.07. The van der Waals surface area contributed by atoms with Crippen LogP contribution in [0, 0.1) is 5.92 Å². The lowest BCUT2D eigenvalue weighted by molar-refractivity contribution is -0.145. The van der Waals surface area contributed by atoms with Crippen LogP contribution >= 0.6 is 0 Å². The summed E-state index contributed by atoms with van der Waals surface area (Å²) in [5.41, 5.74) is 0. The number of fused-ring (bicyclic) bond motifs is 1. The molecule has 4 heteroatoms. The summed E-state index contributed by atoms with van der Waals surface area (Å²) >= 11 is 0. The number of ether oxygens (including phenoxy) is 3. The van der Waals surface area contributed by atoms with Crippen LogP contribution < -0.4 is 0 Å². The Bertz CT molecular complexity index is 198. The molecular weight excluding hydrogens is 184 g/mol. The molecule has 2 rings (SSSR count). The van der Waals surface area contributed by atoms with Crippen molar-refractivity contribution >= 4 is 5.97 Å². The molecule has 0 aliphatic carbocycles. The molecule has 0 bridgehead atoms. The number of carbonyl (C=O) groups is 1. The molecule has 80 valence electrons. The van der Waals surface area contributed by atoms with E-state index in [0.717, 1.165) is 12.8 Å². The molecule has 0 aromatic heterocycles. The van der Waals surface area contributed by atoms with Crippen LogP contribution in [0.4, 0.5) is 0 Å². The molecule has 2 aliphatic rings. The zero-order valence-electron chi connectivity index (χ0n) is 8.40. The molecule has 4 nitrogen and oxygen atoms in total. The number of hydrogen-bond acceptors (Lipinski definition) is 4. The summed E-state index contributed by atoms with van der Waals surface area (Å²) in [6, 6.07) is 0. The van der Waals surface area contributed by atoms with Gasteiger partial charge in [0, 0.05) is 25.4 Å². The van der Waals surface area contributed by atoms with Gasteiger partial charge in [-0.2, -0.15) is 0 Å². The SMILES string of the molecule is CCO[C@H]1C[C@@H]2COC(=O)CC[C@@H]2O1. The predicted octanol–water partition coefficient (Wildman–Crippen LogP) is 1.09. The average molecular weight is 200 g/mol. The van der Waals surface area contributed by atoms with E-state index < -0.39 is 0 Å². The average Bonchev–Trinajstić information content (AvgIpc) is 2.47. The van der Waals surface area contributed by atoms with Crippen LogP contribution in [-0.2, 0) is 19.0 Å². The molecule has 2 aliphatic heterocycles. The fourth-order valence-corrected chi connectivity index (χ4v) is 2.07. The van der Waals surface area contributed by atoms with Crippen LogP contribution in [0.1, 0.15) is 26.2 Å². The first-order valence-corrected chi connectivity index (χ1v) is 5.22. The second kappa shape index (κ2) is 4.28. The Labute approximate surface area is 83.5 Å². The first-order chi connectivity index (χ1) is 6.79. The van der Waals surface area contributed by atoms with Gasteiger partial charge < -0.3 is 14.2 Å². The van der Waals surface area contributed by atoms with Crippen LogP contribution in [0.5, 0.6) is 0 Å². The normalized spacial score (nSPS) is 37.5. The molecule has 2 fully saturated rings. The number of hydrogen-bond donors (Lipinski definition) is 0. The number of rotatable bonds is 2. The van der Waals surface area contributed by atoms with Crippen LogP contribution in [0.3, 0.4) is 0 Å². The van der Waals surface area contributed by atoms with Gasteiger partial charge in [0.25, 0.3) is 0 Å². The second-order valence-electron chi connectivity index (χ2n) is 3.78. The third-order valence-electron chi connectivity index (χ3n) is 2.79. The molecule has 14 heavy (non-hydrogen) atoms. The third-order valence-corrected chi connectivity index (χ3v) is 2.79. The smallest absolute Gasteiger partial charge is 0.305 e. The summed E-state index contributed by atoms with van der Waals surface area (Å²) in [4.78, 5) is 11.0. The standard InChI is InChI=1S/C10H16O4/c1-2-12-10-5-7-6-13-9(11)4-3-8(7)14-10/h7-8,10H,2-6H2,1H3/t7-,8+,10-/m1/s1. The fraction of sp³-hybridized carbons (Fsp3) is 0.900. The van der Waals surface area contributed by atoms with Crippen LogP contribution in [0.25, 0.3) is 0 Å². The highest BCUT2D eigenvalue weighted by atomic mass is 16.7. The summed E-state index contributed by atoms with van der Waals surface area (Å²) in [5.74, 6) is 0.231. The molecule has 0 radical (unpaired) electrons. The van der Waals surface area contributed by atoms with Gasteiger partial charge in [-0.15, -0.1) is 0 Å². The highest BCUT2D eigenvalue weighted by Gasteiger charge is 2.38. The van der Waals surface area contributed by atoms with E-state index in [1.807, 2.05) is 6.92 Å². The Balaban J connectivity index is 1.90. The molecule has 2 saturated heterocycles. The van der Waals surface area contributed by atoms with E-state index in [1.165, 1.54) is 0 Å². The van der Waals surface area contributed by atoms with Crippen molar-refractivity contribution in [2.24, 2.45) is 5.92 Å². The van der Waals surface area contributed by atoms with Crippen molar-refractivity contribution in [1.29, 1.82) is 0 Å². The van der Waals surface area contributed by atoms with Crippen LogP contribution in [0.2, 0.25) is 0 Å². The summed E-state index contributed by atoms with van der Waals surface area (Å²) in [5, 5.41) is 0. The Morgan fingerprint density at radius 2 is 2.43 bits per heavy atom. The Morgan fingerprint density at radius 1 is 1.57 bits per heavy atom. The molecule has 3 atom stereocenters. The van der Waals surface area contributed by atoms with E-state index in [0.29, 0.717) is 25.6 Å². The summed E-state index contributed by atoms with van der Waals surface area (Å²) in [7, 11) is 0. The lowest BCUT2D eigenvalue weighted by atomic mass is 10.00. The van der Waals surface area contributed by atoms with Crippen molar-refractivity contribution in [2.75, 3.05) is 13.2 Å². The minimum Gasteiger partial charge on any atom is -0.465 e. The zero-order chi connectivity index (χ0) is 9.97. The second-order valence-corrected chi connectivity index (χ2v) is 3.78. The first kappa shape index (κ1) is 9.93. The molecule has 0 amide bonds. The molecule has 0 N–H and O–H groups in total. The van der Waals surface area contributed by atoms with E-state index >= 15 is 0 Å². The van der Waals surface area contributed by atoms with Crippen molar-refractivity contribution in [3.05, 3.63) is 0 Å². The van der Waals surface area contributed by atoms with Gasteiger partial charge in [-0.3, -0.25) is 4.79 Å². The largest absolute Gasteiger partial charge is 0.465 e. The monoisotopic (exact) mass is 200 g/mol. The van der Waals surface area contributed by atoms with Crippen molar-refractivity contribution in [3.8, 4) is 0 Å².